The van der Waals surface area contributed by atoms with Crippen LogP contribution in [0.3, 0.4) is 0 Å². The SMILES string of the molecule is Cc1c(S(=O)(=O)N2CCC[C@H](C(=O)Nc3cnn(CC(F)(F)F)c3)C2)cnn1C. The van der Waals surface area contributed by atoms with Crippen molar-refractivity contribution >= 4 is 21.6 Å². The fourth-order valence-electron chi connectivity index (χ4n) is 3.19. The number of aromatic nitrogens is 4. The normalized spacial score (nSPS) is 18.7. The standard InChI is InChI=1S/C16H21F3N6O3S/c1-11-14(7-20-23(11)2)29(27,28)25-5-3-4-12(8-25)15(26)22-13-6-21-24(9-13)10-16(17,18)19/h6-7,9,12H,3-5,8,10H2,1-2H3,(H,22,26)/t12-/m0/s1. The molecule has 0 radical (unpaired) electrons. The van der Waals surface area contributed by atoms with Crippen LogP contribution in [-0.2, 0) is 28.4 Å². The molecule has 0 spiro atoms. The molecule has 0 saturated carbocycles. The number of anilines is 1. The van der Waals surface area contributed by atoms with Gasteiger partial charge in [0.25, 0.3) is 0 Å². The van der Waals surface area contributed by atoms with E-state index in [1.807, 2.05) is 0 Å². The molecule has 1 N–H and O–H groups in total. The molecule has 0 bridgehead atoms. The van der Waals surface area contributed by atoms with Crippen LogP contribution in [0.5, 0.6) is 0 Å². The molecule has 3 rings (SSSR count). The number of rotatable bonds is 5. The Hall–Kier alpha value is -2.41. The first-order chi connectivity index (χ1) is 13.5. The van der Waals surface area contributed by atoms with Crippen LogP contribution in [0.2, 0.25) is 0 Å². The average Bonchev–Trinajstić information content (AvgIpc) is 3.20. The molecule has 3 heterocycles. The Morgan fingerprint density at radius 1 is 1.31 bits per heavy atom. The summed E-state index contributed by atoms with van der Waals surface area (Å²) in [6.45, 7) is 0.651. The summed E-state index contributed by atoms with van der Waals surface area (Å²) in [4.78, 5) is 12.6. The lowest BCUT2D eigenvalue weighted by atomic mass is 9.99. The maximum atomic E-state index is 12.9. The topological polar surface area (TPSA) is 102 Å². The molecule has 1 atom stereocenters. The minimum Gasteiger partial charge on any atom is -0.323 e. The molecule has 0 unspecified atom stereocenters. The molecule has 29 heavy (non-hydrogen) atoms. The van der Waals surface area contributed by atoms with Crippen molar-refractivity contribution in [1.29, 1.82) is 0 Å². The monoisotopic (exact) mass is 434 g/mol. The number of halogens is 3. The highest BCUT2D eigenvalue weighted by atomic mass is 32.2. The number of alkyl halides is 3. The number of amides is 1. The van der Waals surface area contributed by atoms with Gasteiger partial charge in [-0.15, -0.1) is 0 Å². The predicted octanol–water partition coefficient (Wildman–Crippen LogP) is 1.53. The predicted molar refractivity (Wildman–Crippen MR) is 96.3 cm³/mol. The van der Waals surface area contributed by atoms with E-state index in [9.17, 15) is 26.4 Å². The quantitative estimate of drug-likeness (QED) is 0.769. The molecule has 2 aromatic heterocycles. The fraction of sp³-hybridized carbons (Fsp3) is 0.562. The largest absolute Gasteiger partial charge is 0.408 e. The number of hydrogen-bond donors (Lipinski definition) is 1. The summed E-state index contributed by atoms with van der Waals surface area (Å²) in [5.74, 6) is -1.08. The maximum absolute atomic E-state index is 12.9. The number of carbonyl (C=O) groups excluding carboxylic acids is 1. The summed E-state index contributed by atoms with van der Waals surface area (Å²) in [7, 11) is -2.16. The fourth-order valence-corrected chi connectivity index (χ4v) is 4.90. The van der Waals surface area contributed by atoms with Gasteiger partial charge < -0.3 is 5.32 Å². The molecule has 0 aromatic carbocycles. The molecule has 1 amide bonds. The van der Waals surface area contributed by atoms with Crippen molar-refractivity contribution in [2.24, 2.45) is 13.0 Å². The first-order valence-electron chi connectivity index (χ1n) is 8.86. The maximum Gasteiger partial charge on any atom is 0.408 e. The molecule has 1 saturated heterocycles. The summed E-state index contributed by atoms with van der Waals surface area (Å²) >= 11 is 0. The molecule has 1 fully saturated rings. The van der Waals surface area contributed by atoms with Crippen LogP contribution < -0.4 is 5.32 Å². The Balaban J connectivity index is 1.67. The van der Waals surface area contributed by atoms with E-state index in [-0.39, 0.29) is 23.7 Å². The van der Waals surface area contributed by atoms with Crippen molar-refractivity contribution in [3.63, 3.8) is 0 Å². The summed E-state index contributed by atoms with van der Waals surface area (Å²) in [5, 5.41) is 10.0. The van der Waals surface area contributed by atoms with Crippen molar-refractivity contribution in [3.8, 4) is 0 Å². The van der Waals surface area contributed by atoms with Gasteiger partial charge in [0.05, 0.1) is 29.7 Å². The van der Waals surface area contributed by atoms with E-state index in [4.69, 9.17) is 0 Å². The number of hydrogen-bond acceptors (Lipinski definition) is 5. The van der Waals surface area contributed by atoms with Crippen LogP contribution in [-0.4, -0.2) is 57.5 Å². The van der Waals surface area contributed by atoms with Gasteiger partial charge in [-0.25, -0.2) is 8.42 Å². The van der Waals surface area contributed by atoms with Gasteiger partial charge in [-0.05, 0) is 19.8 Å². The van der Waals surface area contributed by atoms with E-state index in [0.717, 1.165) is 12.4 Å². The van der Waals surface area contributed by atoms with Gasteiger partial charge >= 0.3 is 6.18 Å². The highest BCUT2D eigenvalue weighted by molar-refractivity contribution is 7.89. The van der Waals surface area contributed by atoms with Crippen LogP contribution in [0.25, 0.3) is 0 Å². The van der Waals surface area contributed by atoms with Gasteiger partial charge in [0.15, 0.2) is 0 Å². The van der Waals surface area contributed by atoms with Crippen molar-refractivity contribution < 1.29 is 26.4 Å². The molecule has 1 aliphatic rings. The summed E-state index contributed by atoms with van der Waals surface area (Å²) in [5.41, 5.74) is 0.621. The van der Waals surface area contributed by atoms with Crippen LogP contribution in [0.1, 0.15) is 18.5 Å². The molecule has 160 valence electrons. The Labute approximate surface area is 165 Å². The third-order valence-corrected chi connectivity index (χ3v) is 6.77. The van der Waals surface area contributed by atoms with Crippen molar-refractivity contribution in [3.05, 3.63) is 24.3 Å². The summed E-state index contributed by atoms with van der Waals surface area (Å²) < 4.78 is 66.4. The van der Waals surface area contributed by atoms with E-state index >= 15 is 0 Å². The molecule has 9 nitrogen and oxygen atoms in total. The first kappa shape index (κ1) is 21.3. The van der Waals surface area contributed by atoms with Gasteiger partial charge in [0, 0.05) is 26.3 Å². The molecule has 2 aromatic rings. The zero-order chi connectivity index (χ0) is 21.4. The molecule has 1 aliphatic heterocycles. The van der Waals surface area contributed by atoms with Crippen molar-refractivity contribution in [1.82, 2.24) is 23.9 Å². The van der Waals surface area contributed by atoms with E-state index in [2.05, 4.69) is 15.5 Å². The highest BCUT2D eigenvalue weighted by Gasteiger charge is 2.35. The molecular weight excluding hydrogens is 413 g/mol. The minimum atomic E-state index is -4.42. The smallest absolute Gasteiger partial charge is 0.323 e. The number of nitrogens with one attached hydrogen (secondary N) is 1. The lowest BCUT2D eigenvalue weighted by molar-refractivity contribution is -0.142. The summed E-state index contributed by atoms with van der Waals surface area (Å²) in [6, 6.07) is 0. The second-order valence-electron chi connectivity index (χ2n) is 6.95. The Bertz CT molecular complexity index is 998. The number of piperidine rings is 1. The molecule has 0 aliphatic carbocycles. The van der Waals surface area contributed by atoms with Crippen molar-refractivity contribution in [2.75, 3.05) is 18.4 Å². The first-order valence-corrected chi connectivity index (χ1v) is 10.3. The van der Waals surface area contributed by atoms with Gasteiger partial charge in [-0.3, -0.25) is 14.2 Å². The lowest BCUT2D eigenvalue weighted by Gasteiger charge is -2.31. The van der Waals surface area contributed by atoms with Crippen LogP contribution in [0.15, 0.2) is 23.5 Å². The average molecular weight is 434 g/mol. The second kappa shape index (κ2) is 7.78. The van der Waals surface area contributed by atoms with Crippen LogP contribution in [0.4, 0.5) is 18.9 Å². The van der Waals surface area contributed by atoms with Crippen molar-refractivity contribution in [2.45, 2.75) is 37.4 Å². The zero-order valence-corrected chi connectivity index (χ0v) is 16.7. The second-order valence-corrected chi connectivity index (χ2v) is 8.86. The number of nitrogens with zero attached hydrogens (tertiary/aromatic N) is 5. The van der Waals surface area contributed by atoms with Crippen LogP contribution in [0, 0.1) is 12.8 Å². The Kier molecular flexibility index (Phi) is 5.72. The highest BCUT2D eigenvalue weighted by Crippen LogP contribution is 2.26. The number of aryl methyl sites for hydroxylation is 1. The third kappa shape index (κ3) is 4.78. The zero-order valence-electron chi connectivity index (χ0n) is 15.8. The van der Waals surface area contributed by atoms with Crippen LogP contribution >= 0.6 is 0 Å². The third-order valence-electron chi connectivity index (χ3n) is 4.80. The Morgan fingerprint density at radius 3 is 2.66 bits per heavy atom. The van der Waals surface area contributed by atoms with E-state index < -0.39 is 34.6 Å². The van der Waals surface area contributed by atoms with E-state index in [1.54, 1.807) is 14.0 Å². The number of sulfonamides is 1. The number of carbonyl (C=O) groups is 1. The molecule has 13 heteroatoms. The lowest BCUT2D eigenvalue weighted by Crippen LogP contribution is -2.43. The van der Waals surface area contributed by atoms with Gasteiger partial charge in [-0.2, -0.15) is 27.7 Å². The minimum absolute atomic E-state index is 0.0147. The van der Waals surface area contributed by atoms with Gasteiger partial charge in [0.2, 0.25) is 15.9 Å². The van der Waals surface area contributed by atoms with Gasteiger partial charge in [0.1, 0.15) is 11.4 Å². The van der Waals surface area contributed by atoms with E-state index in [1.165, 1.54) is 15.2 Å². The van der Waals surface area contributed by atoms with E-state index in [0.29, 0.717) is 23.2 Å². The Morgan fingerprint density at radius 2 is 2.03 bits per heavy atom. The van der Waals surface area contributed by atoms with Gasteiger partial charge in [-0.1, -0.05) is 0 Å². The summed E-state index contributed by atoms with van der Waals surface area (Å²) in [6.07, 6.45) is 0.0333. The molecular formula is C16H21F3N6O3S.